The van der Waals surface area contributed by atoms with Gasteiger partial charge in [0.2, 0.25) is 11.9 Å². The van der Waals surface area contributed by atoms with Crippen LogP contribution in [0.5, 0.6) is 11.5 Å². The number of para-hydroxylation sites is 5. The first-order valence-corrected chi connectivity index (χ1v) is 28.3. The Kier molecular flexibility index (Phi) is 18.8. The summed E-state index contributed by atoms with van der Waals surface area (Å²) >= 11 is 3.37. The van der Waals surface area contributed by atoms with Gasteiger partial charge in [-0.2, -0.15) is 4.98 Å². The Balaban J connectivity index is 0.000000133. The van der Waals surface area contributed by atoms with Crippen LogP contribution < -0.4 is 40.1 Å². The van der Waals surface area contributed by atoms with E-state index in [-0.39, 0.29) is 0 Å². The zero-order chi connectivity index (χ0) is 53.3. The summed E-state index contributed by atoms with van der Waals surface area (Å²) in [6.45, 7) is 19.9. The van der Waals surface area contributed by atoms with Crippen LogP contribution in [0.15, 0.2) is 126 Å². The van der Waals surface area contributed by atoms with Gasteiger partial charge in [0.1, 0.15) is 17.0 Å². The molecule has 0 radical (unpaired) electrons. The van der Waals surface area contributed by atoms with E-state index < -0.39 is 5.82 Å². The first-order valence-electron chi connectivity index (χ1n) is 26.7. The topological polar surface area (TPSA) is 177 Å². The van der Waals surface area contributed by atoms with Crippen LogP contribution in [0.2, 0.25) is 0 Å². The Labute approximate surface area is 462 Å². The van der Waals surface area contributed by atoms with Crippen LogP contribution in [-0.4, -0.2) is 181 Å². The van der Waals surface area contributed by atoms with Crippen molar-refractivity contribution in [1.82, 2.24) is 49.6 Å². The maximum Gasteiger partial charge on any atom is 0.295 e. The van der Waals surface area contributed by atoms with Crippen LogP contribution in [0.1, 0.15) is 6.92 Å². The number of nitrogens with zero attached hydrogens (tertiary/aromatic N) is 13. The number of methoxy groups -OCH3 is 1. The molecule has 19 nitrogen and oxygen atoms in total. The molecule has 0 atom stereocenters. The van der Waals surface area contributed by atoms with Gasteiger partial charge in [-0.05, 0) is 67.6 Å². The molecule has 3 N–H and O–H groups in total. The standard InChI is InChI=1S/C22H28N4O2S.C17H19FN6S.C17H20N6O/c1-3-28-17-8-9-18-21(16-17)29-22(24-18)23-10-11-25-12-14-26(15-13-25)19-6-4-5-7-20(19)27-2;18-13-11-20-16(21-12-13)24-9-7-23(8-10-24)6-5-19-17-22-14-3-1-2-4-15(14)25-17;1-2-5-15-14(4-1)21-17(24-15)20-8-9-22-10-12-23(13-11-22)16-18-6-3-7-19-16/h4-9,16H,3,10-15H2,1-2H3,(H,23,24);1-4,11-12H,5-10H2,(H,19,22);1-7H,8-13H2,(H,20,21). The summed E-state index contributed by atoms with van der Waals surface area (Å²) in [5.74, 6) is 2.88. The second kappa shape index (κ2) is 27.2. The van der Waals surface area contributed by atoms with Gasteiger partial charge in [-0.1, -0.05) is 59.1 Å². The van der Waals surface area contributed by atoms with Crippen LogP contribution in [0.25, 0.3) is 31.5 Å². The summed E-state index contributed by atoms with van der Waals surface area (Å²) < 4.78 is 32.0. The van der Waals surface area contributed by atoms with Gasteiger partial charge < -0.3 is 44.5 Å². The van der Waals surface area contributed by atoms with E-state index in [1.807, 2.05) is 79.7 Å². The molecule has 78 heavy (non-hydrogen) atoms. The average Bonchev–Trinajstić information content (AvgIpc) is 4.24. The highest BCUT2D eigenvalue weighted by molar-refractivity contribution is 7.22. The van der Waals surface area contributed by atoms with Gasteiger partial charge in [-0.15, -0.1) is 0 Å². The van der Waals surface area contributed by atoms with Crippen LogP contribution in [0.3, 0.4) is 0 Å². The smallest absolute Gasteiger partial charge is 0.295 e. The fourth-order valence-electron chi connectivity index (χ4n) is 9.47. The van der Waals surface area contributed by atoms with Crippen molar-refractivity contribution < 1.29 is 18.3 Å². The number of rotatable bonds is 18. The Bertz CT molecular complexity index is 3170. The van der Waals surface area contributed by atoms with Gasteiger partial charge in [0.25, 0.3) is 6.01 Å². The number of hydrogen-bond acceptors (Lipinski definition) is 21. The minimum atomic E-state index is -0.400. The molecule has 5 aromatic heterocycles. The van der Waals surface area contributed by atoms with E-state index in [0.29, 0.717) is 18.6 Å². The molecule has 3 aliphatic rings. The molecule has 0 bridgehead atoms. The number of thiazole rings is 2. The largest absolute Gasteiger partial charge is 0.495 e. The molecule has 8 heterocycles. The molecule has 408 valence electrons. The van der Waals surface area contributed by atoms with Crippen LogP contribution in [0, 0.1) is 5.82 Å². The van der Waals surface area contributed by atoms with Crippen molar-refractivity contribution in [2.45, 2.75) is 6.92 Å². The van der Waals surface area contributed by atoms with Gasteiger partial charge in [0.15, 0.2) is 21.7 Å². The lowest BCUT2D eigenvalue weighted by atomic mass is 10.2. The van der Waals surface area contributed by atoms with Gasteiger partial charge in [-0.25, -0.2) is 34.3 Å². The summed E-state index contributed by atoms with van der Waals surface area (Å²) in [7, 11) is 1.74. The summed E-state index contributed by atoms with van der Waals surface area (Å²) in [5.41, 5.74) is 4.95. The van der Waals surface area contributed by atoms with Crippen molar-refractivity contribution in [3.63, 3.8) is 0 Å². The maximum absolute atomic E-state index is 12.9. The van der Waals surface area contributed by atoms with E-state index in [1.165, 1.54) is 22.8 Å². The number of benzene rings is 4. The first-order chi connectivity index (χ1) is 38.4. The molecule has 12 rings (SSSR count). The van der Waals surface area contributed by atoms with E-state index in [2.05, 4.69) is 105 Å². The molecule has 4 aromatic carbocycles. The number of aromatic nitrogens is 7. The Hall–Kier alpha value is -7.50. The van der Waals surface area contributed by atoms with Crippen molar-refractivity contribution >= 4 is 88.1 Å². The van der Waals surface area contributed by atoms with Crippen molar-refractivity contribution in [1.29, 1.82) is 0 Å². The number of nitrogens with one attached hydrogen (secondary N) is 3. The lowest BCUT2D eigenvalue weighted by molar-refractivity contribution is 0.265. The Morgan fingerprint density at radius 2 is 1.09 bits per heavy atom. The summed E-state index contributed by atoms with van der Waals surface area (Å²) in [4.78, 5) is 44.5. The third-order valence-electron chi connectivity index (χ3n) is 13.6. The zero-order valence-corrected chi connectivity index (χ0v) is 45.8. The van der Waals surface area contributed by atoms with Gasteiger partial charge in [0.05, 0.1) is 52.2 Å². The molecule has 3 fully saturated rings. The molecule has 0 saturated carbocycles. The van der Waals surface area contributed by atoms with E-state index in [0.717, 1.165) is 172 Å². The summed E-state index contributed by atoms with van der Waals surface area (Å²) in [6, 6.07) is 32.7. The maximum atomic E-state index is 12.9. The van der Waals surface area contributed by atoms with E-state index in [4.69, 9.17) is 13.9 Å². The zero-order valence-electron chi connectivity index (χ0n) is 44.2. The predicted molar refractivity (Wildman–Crippen MR) is 313 cm³/mol. The van der Waals surface area contributed by atoms with Crippen molar-refractivity contribution in [2.24, 2.45) is 0 Å². The minimum Gasteiger partial charge on any atom is -0.495 e. The molecular formula is C56H67FN16O3S2. The molecule has 0 unspecified atom stereocenters. The first kappa shape index (κ1) is 53.9. The molecule has 0 amide bonds. The lowest BCUT2D eigenvalue weighted by Gasteiger charge is -2.36. The molecule has 22 heteroatoms. The fourth-order valence-corrected chi connectivity index (χ4v) is 11.3. The minimum absolute atomic E-state index is 0.400. The average molecular weight is 1100 g/mol. The third-order valence-corrected chi connectivity index (χ3v) is 15.6. The number of oxazole rings is 1. The quantitative estimate of drug-likeness (QED) is 0.0748. The number of anilines is 6. The predicted octanol–water partition coefficient (Wildman–Crippen LogP) is 8.25. The monoisotopic (exact) mass is 1090 g/mol. The second-order valence-corrected chi connectivity index (χ2v) is 20.8. The highest BCUT2D eigenvalue weighted by Gasteiger charge is 2.22. The third kappa shape index (κ3) is 14.7. The molecule has 3 aliphatic heterocycles. The van der Waals surface area contributed by atoms with Gasteiger partial charge >= 0.3 is 0 Å². The normalized spacial score (nSPS) is 15.4. The number of piperazine rings is 3. The molecular weight excluding hydrogens is 1030 g/mol. The molecule has 3 saturated heterocycles. The summed E-state index contributed by atoms with van der Waals surface area (Å²) in [6.07, 6.45) is 6.02. The SMILES string of the molecule is CCOc1ccc2nc(NCCN3CCN(c4ccccc4OC)CC3)sc2c1.Fc1cnc(N2CCN(CCNc3nc4ccccc4s3)CC2)nc1.c1cnc(N2CCN(CCNc3nc4ccccc4o3)CC2)nc1. The summed E-state index contributed by atoms with van der Waals surface area (Å²) in [5, 5.41) is 12.1. The number of hydrogen-bond donors (Lipinski definition) is 3. The molecule has 9 aromatic rings. The lowest BCUT2D eigenvalue weighted by Crippen LogP contribution is -2.48. The van der Waals surface area contributed by atoms with Gasteiger partial charge in [0, 0.05) is 130 Å². The van der Waals surface area contributed by atoms with Crippen LogP contribution >= 0.6 is 22.7 Å². The number of halogens is 1. The highest BCUT2D eigenvalue weighted by Crippen LogP contribution is 2.31. The van der Waals surface area contributed by atoms with Crippen molar-refractivity contribution in [2.75, 3.05) is 162 Å². The van der Waals surface area contributed by atoms with Crippen molar-refractivity contribution in [3.8, 4) is 11.5 Å². The van der Waals surface area contributed by atoms with E-state index in [9.17, 15) is 4.39 Å². The highest BCUT2D eigenvalue weighted by atomic mass is 32.1. The second-order valence-electron chi connectivity index (χ2n) is 18.7. The van der Waals surface area contributed by atoms with E-state index >= 15 is 0 Å². The number of fused-ring (bicyclic) bond motifs is 3. The Morgan fingerprint density at radius 3 is 1.71 bits per heavy atom. The van der Waals surface area contributed by atoms with Crippen molar-refractivity contribution in [3.05, 3.63) is 128 Å². The van der Waals surface area contributed by atoms with E-state index in [1.54, 1.807) is 42.2 Å². The van der Waals surface area contributed by atoms with Crippen LogP contribution in [0.4, 0.5) is 38.3 Å². The Morgan fingerprint density at radius 1 is 0.551 bits per heavy atom. The van der Waals surface area contributed by atoms with Gasteiger partial charge in [-0.3, -0.25) is 14.7 Å². The molecule has 0 aliphatic carbocycles. The number of ether oxygens (including phenoxy) is 2. The molecule has 0 spiro atoms. The fraction of sp³-hybridized carbons (Fsp3) is 0.375. The van der Waals surface area contributed by atoms with Crippen LogP contribution in [-0.2, 0) is 0 Å².